The van der Waals surface area contributed by atoms with E-state index in [1.54, 1.807) is 12.3 Å². The van der Waals surface area contributed by atoms with Gasteiger partial charge >= 0.3 is 0 Å². The number of pyridine rings is 1. The number of hydrogen-bond donors (Lipinski definition) is 0. The van der Waals surface area contributed by atoms with Crippen molar-refractivity contribution in [3.63, 3.8) is 0 Å². The number of nitrogens with zero attached hydrogens (tertiary/aromatic N) is 4. The maximum Gasteiger partial charge on any atom is 0.248 e. The van der Waals surface area contributed by atoms with Crippen molar-refractivity contribution in [2.24, 2.45) is 5.92 Å². The fourth-order valence-corrected chi connectivity index (χ4v) is 4.38. The first-order valence-electron chi connectivity index (χ1n) is 9.27. The molecule has 1 aromatic heterocycles. The van der Waals surface area contributed by atoms with Crippen LogP contribution in [-0.4, -0.2) is 54.2 Å². The Morgan fingerprint density at radius 3 is 2.80 bits per heavy atom. The molecule has 0 unspecified atom stereocenters. The van der Waals surface area contributed by atoms with Crippen molar-refractivity contribution in [1.29, 1.82) is 5.26 Å². The molecule has 25 heavy (non-hydrogen) atoms. The number of fused-ring (bicyclic) bond motifs is 1. The van der Waals surface area contributed by atoms with Gasteiger partial charge in [-0.15, -0.1) is 0 Å². The minimum atomic E-state index is 0.0544. The van der Waals surface area contributed by atoms with Crippen LogP contribution in [0, 0.1) is 17.2 Å². The third-order valence-corrected chi connectivity index (χ3v) is 5.76. The Balaban J connectivity index is 1.47. The van der Waals surface area contributed by atoms with Crippen molar-refractivity contribution >= 4 is 11.7 Å². The zero-order valence-electron chi connectivity index (χ0n) is 14.4. The van der Waals surface area contributed by atoms with Gasteiger partial charge in [0.15, 0.2) is 0 Å². The van der Waals surface area contributed by atoms with Gasteiger partial charge in [-0.05, 0) is 30.9 Å². The van der Waals surface area contributed by atoms with Crippen molar-refractivity contribution in [1.82, 2.24) is 9.88 Å². The molecule has 3 aliphatic rings. The van der Waals surface area contributed by atoms with Crippen LogP contribution in [0.5, 0.6) is 0 Å². The highest BCUT2D eigenvalue weighted by molar-refractivity contribution is 5.79. The van der Waals surface area contributed by atoms with Crippen molar-refractivity contribution in [3.05, 3.63) is 23.9 Å². The third kappa shape index (κ3) is 3.34. The van der Waals surface area contributed by atoms with Gasteiger partial charge in [-0.2, -0.15) is 5.26 Å². The summed E-state index contributed by atoms with van der Waals surface area (Å²) in [4.78, 5) is 21.1. The first-order valence-corrected chi connectivity index (χ1v) is 9.27. The number of amides is 1. The maximum atomic E-state index is 12.5. The van der Waals surface area contributed by atoms with E-state index in [9.17, 15) is 4.79 Å². The molecule has 6 heteroatoms. The summed E-state index contributed by atoms with van der Waals surface area (Å²) < 4.78 is 5.82. The number of nitriles is 1. The van der Waals surface area contributed by atoms with Crippen LogP contribution in [0.15, 0.2) is 18.3 Å². The van der Waals surface area contributed by atoms with E-state index < -0.39 is 0 Å². The molecule has 2 saturated heterocycles. The van der Waals surface area contributed by atoms with Crippen LogP contribution in [0.4, 0.5) is 5.82 Å². The molecule has 1 aliphatic carbocycles. The number of carbonyl (C=O) groups is 1. The van der Waals surface area contributed by atoms with E-state index in [0.29, 0.717) is 11.5 Å². The Kier molecular flexibility index (Phi) is 4.58. The molecule has 3 heterocycles. The molecule has 1 amide bonds. The number of rotatable bonds is 3. The lowest BCUT2D eigenvalue weighted by Gasteiger charge is -2.39. The summed E-state index contributed by atoms with van der Waals surface area (Å²) in [6, 6.07) is 5.87. The summed E-state index contributed by atoms with van der Waals surface area (Å²) in [6.45, 7) is 2.57. The minimum Gasteiger partial charge on any atom is -0.364 e. The smallest absolute Gasteiger partial charge is 0.248 e. The molecule has 3 fully saturated rings. The zero-order chi connectivity index (χ0) is 17.2. The van der Waals surface area contributed by atoms with E-state index in [4.69, 9.17) is 10.00 Å². The molecule has 0 aromatic carbocycles. The highest BCUT2D eigenvalue weighted by Gasteiger charge is 2.44. The number of carbonyl (C=O) groups excluding carboxylic acids is 1. The van der Waals surface area contributed by atoms with Crippen molar-refractivity contribution in [2.45, 2.75) is 44.2 Å². The zero-order valence-corrected chi connectivity index (χ0v) is 14.4. The number of anilines is 1. The average molecular weight is 340 g/mol. The van der Waals surface area contributed by atoms with Gasteiger partial charge in [-0.25, -0.2) is 4.98 Å². The molecule has 132 valence electrons. The summed E-state index contributed by atoms with van der Waals surface area (Å²) in [6.07, 6.45) is 8.04. The second-order valence-corrected chi connectivity index (χ2v) is 7.39. The van der Waals surface area contributed by atoms with Gasteiger partial charge in [0.1, 0.15) is 18.5 Å². The summed E-state index contributed by atoms with van der Waals surface area (Å²) in [7, 11) is 0. The fourth-order valence-electron chi connectivity index (χ4n) is 4.38. The van der Waals surface area contributed by atoms with E-state index in [1.807, 2.05) is 6.07 Å². The number of hydrogen-bond acceptors (Lipinski definition) is 5. The summed E-state index contributed by atoms with van der Waals surface area (Å²) in [5.41, 5.74) is 0.561. The molecule has 0 N–H and O–H groups in total. The van der Waals surface area contributed by atoms with Crippen LogP contribution < -0.4 is 4.90 Å². The van der Waals surface area contributed by atoms with Gasteiger partial charge in [0.25, 0.3) is 0 Å². The van der Waals surface area contributed by atoms with Crippen molar-refractivity contribution < 1.29 is 9.53 Å². The molecule has 2 atom stereocenters. The number of aromatic nitrogens is 1. The van der Waals surface area contributed by atoms with Crippen molar-refractivity contribution in [2.75, 3.05) is 31.1 Å². The van der Waals surface area contributed by atoms with Gasteiger partial charge < -0.3 is 14.5 Å². The van der Waals surface area contributed by atoms with Gasteiger partial charge in [0, 0.05) is 25.8 Å². The van der Waals surface area contributed by atoms with Gasteiger partial charge in [0.2, 0.25) is 5.91 Å². The lowest BCUT2D eigenvalue weighted by molar-refractivity contribution is -0.154. The normalized spacial score (nSPS) is 27.2. The molecule has 1 saturated carbocycles. The fraction of sp³-hybridized carbons (Fsp3) is 0.632. The number of ether oxygens (including phenoxy) is 1. The molecule has 4 rings (SSSR count). The quantitative estimate of drug-likeness (QED) is 0.841. The second kappa shape index (κ2) is 7.01. The standard InChI is InChI=1S/C19H24N4O2/c20-8-15-6-7-18(21-9-15)22-11-16-17(12-22)25-13-19(24)23(16)10-14-4-2-1-3-5-14/h6-7,9,14,16-17H,1-5,10-13H2/t16-,17+/m1/s1. The lowest BCUT2D eigenvalue weighted by Crippen LogP contribution is -2.55. The predicted molar refractivity (Wildman–Crippen MR) is 93.0 cm³/mol. The summed E-state index contributed by atoms with van der Waals surface area (Å²) in [5, 5.41) is 8.91. The van der Waals surface area contributed by atoms with Crippen LogP contribution in [0.2, 0.25) is 0 Å². The van der Waals surface area contributed by atoms with E-state index in [0.717, 1.165) is 25.5 Å². The predicted octanol–water partition coefficient (Wildman–Crippen LogP) is 1.95. The van der Waals surface area contributed by atoms with E-state index in [-0.39, 0.29) is 24.7 Å². The Morgan fingerprint density at radius 2 is 2.08 bits per heavy atom. The SMILES string of the molecule is N#Cc1ccc(N2C[C@@H]3OCC(=O)N(CC4CCCCC4)[C@@H]3C2)nc1. The Hall–Kier alpha value is -2.13. The molecule has 6 nitrogen and oxygen atoms in total. The lowest BCUT2D eigenvalue weighted by atomic mass is 9.88. The van der Waals surface area contributed by atoms with Crippen LogP contribution >= 0.6 is 0 Å². The van der Waals surface area contributed by atoms with Crippen LogP contribution in [0.25, 0.3) is 0 Å². The van der Waals surface area contributed by atoms with Crippen LogP contribution in [0.1, 0.15) is 37.7 Å². The molecule has 0 bridgehead atoms. The van der Waals surface area contributed by atoms with Crippen LogP contribution in [0.3, 0.4) is 0 Å². The molecule has 0 radical (unpaired) electrons. The van der Waals surface area contributed by atoms with Gasteiger partial charge in [-0.1, -0.05) is 19.3 Å². The van der Waals surface area contributed by atoms with Gasteiger partial charge in [0.05, 0.1) is 17.7 Å². The van der Waals surface area contributed by atoms with E-state index in [1.165, 1.54) is 32.1 Å². The molecule has 1 aromatic rings. The Bertz CT molecular complexity index is 663. The van der Waals surface area contributed by atoms with Crippen LogP contribution in [-0.2, 0) is 9.53 Å². The Labute approximate surface area is 148 Å². The number of morpholine rings is 1. The highest BCUT2D eigenvalue weighted by Crippen LogP contribution is 2.30. The average Bonchev–Trinajstić information content (AvgIpc) is 3.10. The molecular weight excluding hydrogens is 316 g/mol. The summed E-state index contributed by atoms with van der Waals surface area (Å²) >= 11 is 0. The van der Waals surface area contributed by atoms with E-state index in [2.05, 4.69) is 20.9 Å². The van der Waals surface area contributed by atoms with E-state index >= 15 is 0 Å². The molecular formula is C19H24N4O2. The second-order valence-electron chi connectivity index (χ2n) is 7.39. The first kappa shape index (κ1) is 16.3. The summed E-state index contributed by atoms with van der Waals surface area (Å²) in [5.74, 6) is 1.61. The maximum absolute atomic E-state index is 12.5. The van der Waals surface area contributed by atoms with Crippen molar-refractivity contribution in [3.8, 4) is 6.07 Å². The monoisotopic (exact) mass is 340 g/mol. The topological polar surface area (TPSA) is 69.5 Å². The molecule has 2 aliphatic heterocycles. The van der Waals surface area contributed by atoms with Gasteiger partial charge in [-0.3, -0.25) is 4.79 Å². The third-order valence-electron chi connectivity index (χ3n) is 5.76. The highest BCUT2D eigenvalue weighted by atomic mass is 16.5. The largest absolute Gasteiger partial charge is 0.364 e. The molecule has 0 spiro atoms. The minimum absolute atomic E-state index is 0.0544. The first-order chi connectivity index (χ1) is 12.2. The Morgan fingerprint density at radius 1 is 1.24 bits per heavy atom.